The summed E-state index contributed by atoms with van der Waals surface area (Å²) in [6, 6.07) is 37.6. The molecule has 0 unspecified atom stereocenters. The van der Waals surface area contributed by atoms with E-state index in [1.54, 1.807) is 60.7 Å². The summed E-state index contributed by atoms with van der Waals surface area (Å²) in [5.74, 6) is -2.32. The first-order valence-corrected chi connectivity index (χ1v) is 20.8. The third-order valence-electron chi connectivity index (χ3n) is 8.66. The van der Waals surface area contributed by atoms with Crippen LogP contribution < -0.4 is 5.32 Å². The number of carbonyl (C=O) groups is 3. The van der Waals surface area contributed by atoms with Crippen molar-refractivity contribution in [3.63, 3.8) is 0 Å². The van der Waals surface area contributed by atoms with Gasteiger partial charge in [0, 0.05) is 34.3 Å². The Kier molecular flexibility index (Phi) is 27.6. The van der Waals surface area contributed by atoms with E-state index in [2.05, 4.69) is 5.32 Å². The average molecular weight is 895 g/mol. The van der Waals surface area contributed by atoms with E-state index < -0.39 is 24.0 Å². The number of ether oxygens (including phenoxy) is 2. The molecule has 0 saturated carbocycles. The molecule has 0 aliphatic carbocycles. The predicted molar refractivity (Wildman–Crippen MR) is 241 cm³/mol. The highest BCUT2D eigenvalue weighted by atomic mass is 35.5. The number of carboxylic acid groups (broad SMARTS) is 3. The topological polar surface area (TPSA) is 203 Å². The standard InChI is InChI=1S/C24H33Cl2NO5.3C8H8O2/c25-21-6-5-7-22(26)20(21)17-32-13-12-31-11-4-2-1-3-10-27-15-24(30)18-8-9-23(29)19(14-18)16-28;3*9-8(10)6-7-4-2-1-3-5-7/h5-9,14,24,27-30H,1-4,10-13,15-17H2;3*1-5H,6H2,(H,9,10)/t24-;;;/m0.../s1. The maximum atomic E-state index is 10.2. The smallest absolute Gasteiger partial charge is 0.307 e. The van der Waals surface area contributed by atoms with Crippen molar-refractivity contribution in [1.29, 1.82) is 0 Å². The number of benzene rings is 5. The van der Waals surface area contributed by atoms with Gasteiger partial charge >= 0.3 is 17.9 Å². The zero-order chi connectivity index (χ0) is 45.4. The van der Waals surface area contributed by atoms with Crippen molar-refractivity contribution >= 4 is 41.1 Å². The first kappa shape index (κ1) is 52.8. The van der Waals surface area contributed by atoms with Crippen LogP contribution in [0.3, 0.4) is 0 Å². The number of unbranched alkanes of at least 4 members (excludes halogenated alkanes) is 3. The lowest BCUT2D eigenvalue weighted by atomic mass is 10.1. The number of nitrogens with one attached hydrogen (secondary N) is 1. The zero-order valence-electron chi connectivity index (χ0n) is 34.6. The molecule has 5 aromatic rings. The second kappa shape index (κ2) is 32.4. The lowest BCUT2D eigenvalue weighted by Gasteiger charge is -2.14. The summed E-state index contributed by atoms with van der Waals surface area (Å²) in [4.78, 5) is 30.5. The molecule has 5 rings (SSSR count). The average Bonchev–Trinajstić information content (AvgIpc) is 3.24. The highest BCUT2D eigenvalue weighted by molar-refractivity contribution is 6.35. The van der Waals surface area contributed by atoms with E-state index in [9.17, 15) is 29.7 Å². The number of hydrogen-bond donors (Lipinski definition) is 7. The summed E-state index contributed by atoms with van der Waals surface area (Å²) in [6.07, 6.45) is 3.84. The third kappa shape index (κ3) is 24.8. The minimum atomic E-state index is -0.786. The summed E-state index contributed by atoms with van der Waals surface area (Å²) in [5, 5.41) is 58.6. The number of aliphatic carboxylic acids is 3. The minimum Gasteiger partial charge on any atom is -0.508 e. The Morgan fingerprint density at radius 3 is 1.52 bits per heavy atom. The molecule has 0 aliphatic rings. The molecule has 14 heteroatoms. The van der Waals surface area contributed by atoms with E-state index in [-0.39, 0.29) is 31.6 Å². The summed E-state index contributed by atoms with van der Waals surface area (Å²) >= 11 is 12.2. The number of phenols is 1. The van der Waals surface area contributed by atoms with Crippen LogP contribution in [0, 0.1) is 0 Å². The van der Waals surface area contributed by atoms with Crippen LogP contribution in [0.15, 0.2) is 127 Å². The normalized spacial score (nSPS) is 10.8. The molecule has 0 saturated heterocycles. The van der Waals surface area contributed by atoms with Gasteiger partial charge in [0.15, 0.2) is 0 Å². The van der Waals surface area contributed by atoms with Gasteiger partial charge in [-0.1, -0.05) is 139 Å². The molecule has 5 aromatic carbocycles. The molecule has 0 aromatic heterocycles. The van der Waals surface area contributed by atoms with Gasteiger partial charge in [-0.05, 0) is 65.9 Å². The Balaban J connectivity index is 0.000000352. The van der Waals surface area contributed by atoms with Crippen LogP contribution in [0.4, 0.5) is 0 Å². The fraction of sp³-hybridized carbons (Fsp3) is 0.312. The molecule has 62 heavy (non-hydrogen) atoms. The first-order chi connectivity index (χ1) is 29.9. The quantitative estimate of drug-likeness (QED) is 0.0327. The molecule has 0 fully saturated rings. The van der Waals surface area contributed by atoms with E-state index in [0.29, 0.717) is 54.1 Å². The molecular formula is C48H57Cl2NO11. The molecular weight excluding hydrogens is 837 g/mol. The molecule has 12 nitrogen and oxygen atoms in total. The second-order valence-electron chi connectivity index (χ2n) is 13.7. The second-order valence-corrected chi connectivity index (χ2v) is 14.5. The summed E-state index contributed by atoms with van der Waals surface area (Å²) in [7, 11) is 0. The molecule has 334 valence electrons. The number of carboxylic acids is 3. The largest absolute Gasteiger partial charge is 0.508 e. The fourth-order valence-electron chi connectivity index (χ4n) is 5.48. The summed E-state index contributed by atoms with van der Waals surface area (Å²) in [5.41, 5.74) is 4.42. The van der Waals surface area contributed by atoms with Crippen LogP contribution in [-0.2, 0) is 56.3 Å². The highest BCUT2D eigenvalue weighted by Crippen LogP contribution is 2.25. The van der Waals surface area contributed by atoms with E-state index in [0.717, 1.165) is 54.5 Å². The molecule has 0 spiro atoms. The van der Waals surface area contributed by atoms with Crippen molar-refractivity contribution in [2.24, 2.45) is 0 Å². The Bertz CT molecular complexity index is 1850. The van der Waals surface area contributed by atoms with Gasteiger partial charge in [-0.25, -0.2) is 0 Å². The van der Waals surface area contributed by atoms with Gasteiger partial charge < -0.3 is 45.4 Å². The number of halogens is 2. The number of rotatable bonds is 22. The van der Waals surface area contributed by atoms with Crippen molar-refractivity contribution in [2.45, 2.75) is 64.3 Å². The molecule has 1 atom stereocenters. The number of aliphatic hydroxyl groups is 2. The van der Waals surface area contributed by atoms with Crippen LogP contribution in [0.1, 0.15) is 65.2 Å². The SMILES string of the molecule is O=C(O)Cc1ccccc1.O=C(O)Cc1ccccc1.O=C(O)Cc1ccccc1.OCc1cc([C@@H](O)CNCCCCCCOCCOCc2c(Cl)cccc2Cl)ccc1O. The number of hydrogen-bond acceptors (Lipinski definition) is 9. The lowest BCUT2D eigenvalue weighted by Crippen LogP contribution is -2.22. The lowest BCUT2D eigenvalue weighted by molar-refractivity contribution is -0.137. The van der Waals surface area contributed by atoms with Gasteiger partial charge in [-0.3, -0.25) is 14.4 Å². The molecule has 7 N–H and O–H groups in total. The van der Waals surface area contributed by atoms with Gasteiger partial charge in [0.2, 0.25) is 0 Å². The molecule has 0 aliphatic heterocycles. The van der Waals surface area contributed by atoms with Crippen LogP contribution in [0.5, 0.6) is 5.75 Å². The monoisotopic (exact) mass is 893 g/mol. The Morgan fingerprint density at radius 2 is 1.05 bits per heavy atom. The van der Waals surface area contributed by atoms with Crippen molar-refractivity contribution in [3.05, 3.63) is 171 Å². The predicted octanol–water partition coefficient (Wildman–Crippen LogP) is 8.55. The fourth-order valence-corrected chi connectivity index (χ4v) is 5.99. The highest BCUT2D eigenvalue weighted by Gasteiger charge is 2.10. The Morgan fingerprint density at radius 1 is 0.581 bits per heavy atom. The van der Waals surface area contributed by atoms with Crippen molar-refractivity contribution in [2.75, 3.05) is 32.9 Å². The molecule has 0 radical (unpaired) electrons. The van der Waals surface area contributed by atoms with E-state index in [4.69, 9.17) is 48.0 Å². The Hall–Kier alpha value is -5.31. The minimum absolute atomic E-state index is 0.0370. The van der Waals surface area contributed by atoms with Crippen molar-refractivity contribution < 1.29 is 54.5 Å². The first-order valence-electron chi connectivity index (χ1n) is 20.1. The Labute approximate surface area is 373 Å². The van der Waals surface area contributed by atoms with Gasteiger partial charge in [0.05, 0.1) is 51.8 Å². The van der Waals surface area contributed by atoms with E-state index >= 15 is 0 Å². The maximum Gasteiger partial charge on any atom is 0.307 e. The zero-order valence-corrected chi connectivity index (χ0v) is 36.1. The molecule has 0 amide bonds. The van der Waals surface area contributed by atoms with E-state index in [1.807, 2.05) is 60.7 Å². The summed E-state index contributed by atoms with van der Waals surface area (Å²) < 4.78 is 11.2. The van der Waals surface area contributed by atoms with Crippen molar-refractivity contribution in [3.8, 4) is 5.75 Å². The maximum absolute atomic E-state index is 10.2. The number of aromatic hydroxyl groups is 1. The van der Waals surface area contributed by atoms with Crippen LogP contribution in [0.25, 0.3) is 0 Å². The third-order valence-corrected chi connectivity index (χ3v) is 9.37. The van der Waals surface area contributed by atoms with Gasteiger partial charge in [0.25, 0.3) is 0 Å². The van der Waals surface area contributed by atoms with Crippen LogP contribution >= 0.6 is 23.2 Å². The van der Waals surface area contributed by atoms with Gasteiger partial charge in [-0.2, -0.15) is 0 Å². The van der Waals surface area contributed by atoms with E-state index in [1.165, 1.54) is 6.07 Å². The van der Waals surface area contributed by atoms with Crippen LogP contribution in [-0.4, -0.2) is 81.5 Å². The number of aliphatic hydroxyl groups excluding tert-OH is 2. The molecule has 0 bridgehead atoms. The molecule has 0 heterocycles. The van der Waals surface area contributed by atoms with Gasteiger partial charge in [0.1, 0.15) is 5.75 Å². The van der Waals surface area contributed by atoms with Crippen molar-refractivity contribution in [1.82, 2.24) is 5.32 Å². The van der Waals surface area contributed by atoms with Gasteiger partial charge in [-0.15, -0.1) is 0 Å². The van der Waals surface area contributed by atoms with Crippen LogP contribution in [0.2, 0.25) is 10.0 Å². The summed E-state index contributed by atoms with van der Waals surface area (Å²) in [6.45, 7) is 3.11.